The van der Waals surface area contributed by atoms with E-state index in [4.69, 9.17) is 9.73 Å². The lowest BCUT2D eigenvalue weighted by molar-refractivity contribution is 0.251. The molecule has 1 aromatic carbocycles. The number of methoxy groups -OCH3 is 1. The minimum absolute atomic E-state index is 0. The molecule has 1 aliphatic heterocycles. The van der Waals surface area contributed by atoms with Gasteiger partial charge in [0, 0.05) is 25.7 Å². The molecule has 0 amide bonds. The highest BCUT2D eigenvalue weighted by Crippen LogP contribution is 2.27. The van der Waals surface area contributed by atoms with Crippen molar-refractivity contribution >= 4 is 35.6 Å². The first-order chi connectivity index (χ1) is 16.3. The summed E-state index contributed by atoms with van der Waals surface area (Å²) in [7, 11) is 1.72. The maximum Gasteiger partial charge on any atom is 0.191 e. The van der Waals surface area contributed by atoms with Crippen molar-refractivity contribution in [1.82, 2.24) is 30.1 Å². The van der Waals surface area contributed by atoms with Crippen molar-refractivity contribution in [2.45, 2.75) is 38.6 Å². The van der Waals surface area contributed by atoms with Gasteiger partial charge in [-0.05, 0) is 69.1 Å². The van der Waals surface area contributed by atoms with Gasteiger partial charge in [0.15, 0.2) is 11.6 Å². The van der Waals surface area contributed by atoms with Gasteiger partial charge in [0.1, 0.15) is 11.6 Å². The number of guanidine groups is 1. The normalized spacial score (nSPS) is 15.2. The molecule has 1 saturated heterocycles. The Morgan fingerprint density at radius 2 is 1.97 bits per heavy atom. The van der Waals surface area contributed by atoms with Crippen LogP contribution in [0.5, 0.6) is 5.75 Å². The first kappa shape index (κ1) is 26.2. The number of fused-ring (bicyclic) bond motifs is 1. The summed E-state index contributed by atoms with van der Waals surface area (Å²) in [6, 6.07) is 14.6. The third-order valence-corrected chi connectivity index (χ3v) is 6.08. The third kappa shape index (κ3) is 6.82. The molecular weight excluding hydrogens is 541 g/mol. The smallest absolute Gasteiger partial charge is 0.191 e. The number of likely N-dealkylation sites (tertiary alicyclic amines) is 1. The van der Waals surface area contributed by atoms with Crippen LogP contribution < -0.4 is 15.4 Å². The van der Waals surface area contributed by atoms with Crippen LogP contribution in [-0.2, 0) is 6.42 Å². The zero-order valence-electron chi connectivity index (χ0n) is 20.1. The minimum Gasteiger partial charge on any atom is -0.497 e. The van der Waals surface area contributed by atoms with Gasteiger partial charge in [-0.3, -0.25) is 14.3 Å². The highest BCUT2D eigenvalue weighted by atomic mass is 127. The molecule has 1 fully saturated rings. The molecule has 0 bridgehead atoms. The van der Waals surface area contributed by atoms with Gasteiger partial charge >= 0.3 is 0 Å². The SMILES string of the molecule is CCNC(=NCC(c1cccc(OC)c1)N1CCCC1)NCCCc1nnc2ccccn12.I. The molecule has 0 spiro atoms. The monoisotopic (exact) mass is 577 g/mol. The quantitative estimate of drug-likeness (QED) is 0.166. The number of halogens is 1. The predicted octanol–water partition coefficient (Wildman–Crippen LogP) is 3.68. The molecule has 1 unspecified atom stereocenters. The van der Waals surface area contributed by atoms with Crippen LogP contribution in [0.25, 0.3) is 5.65 Å². The number of aryl methyl sites for hydroxylation is 1. The number of nitrogens with one attached hydrogen (secondary N) is 2. The fourth-order valence-electron chi connectivity index (χ4n) is 4.37. The average molecular weight is 578 g/mol. The Morgan fingerprint density at radius 1 is 1.12 bits per heavy atom. The van der Waals surface area contributed by atoms with Crippen LogP contribution in [0.1, 0.15) is 43.6 Å². The van der Waals surface area contributed by atoms with Crippen molar-refractivity contribution in [3.05, 3.63) is 60.0 Å². The van der Waals surface area contributed by atoms with Crippen molar-refractivity contribution in [3.63, 3.8) is 0 Å². The molecule has 0 saturated carbocycles. The Balaban J connectivity index is 0.00000324. The molecule has 1 atom stereocenters. The number of hydrogen-bond donors (Lipinski definition) is 2. The number of hydrogen-bond acceptors (Lipinski definition) is 5. The van der Waals surface area contributed by atoms with Crippen LogP contribution in [0.2, 0.25) is 0 Å². The average Bonchev–Trinajstić information content (AvgIpc) is 3.52. The molecular formula is C25H36IN7O. The lowest BCUT2D eigenvalue weighted by atomic mass is 10.1. The second kappa shape index (κ2) is 13.5. The minimum atomic E-state index is 0. The van der Waals surface area contributed by atoms with E-state index in [1.54, 1.807) is 7.11 Å². The molecule has 184 valence electrons. The fraction of sp³-hybridized carbons (Fsp3) is 0.480. The van der Waals surface area contributed by atoms with Gasteiger partial charge in [-0.25, -0.2) is 0 Å². The summed E-state index contributed by atoms with van der Waals surface area (Å²) in [6.07, 6.45) is 6.32. The summed E-state index contributed by atoms with van der Waals surface area (Å²) in [5.74, 6) is 2.74. The Labute approximate surface area is 219 Å². The van der Waals surface area contributed by atoms with Crippen LogP contribution >= 0.6 is 24.0 Å². The van der Waals surface area contributed by atoms with Gasteiger partial charge in [0.25, 0.3) is 0 Å². The lowest BCUT2D eigenvalue weighted by Gasteiger charge is -2.27. The molecule has 3 heterocycles. The molecule has 4 rings (SSSR count). The van der Waals surface area contributed by atoms with Crippen LogP contribution in [0, 0.1) is 0 Å². The largest absolute Gasteiger partial charge is 0.497 e. The molecule has 34 heavy (non-hydrogen) atoms. The zero-order valence-corrected chi connectivity index (χ0v) is 22.4. The second-order valence-electron chi connectivity index (χ2n) is 8.33. The molecule has 2 aromatic heterocycles. The summed E-state index contributed by atoms with van der Waals surface area (Å²) in [5, 5.41) is 15.4. The van der Waals surface area contributed by atoms with E-state index < -0.39 is 0 Å². The van der Waals surface area contributed by atoms with Gasteiger partial charge in [0.05, 0.1) is 19.7 Å². The van der Waals surface area contributed by atoms with Crippen molar-refractivity contribution < 1.29 is 4.74 Å². The van der Waals surface area contributed by atoms with Gasteiger partial charge in [0.2, 0.25) is 0 Å². The number of aliphatic imine (C=N–C) groups is 1. The van der Waals surface area contributed by atoms with Crippen molar-refractivity contribution in [3.8, 4) is 5.75 Å². The number of rotatable bonds is 10. The van der Waals surface area contributed by atoms with Crippen molar-refractivity contribution in [2.24, 2.45) is 4.99 Å². The summed E-state index contributed by atoms with van der Waals surface area (Å²) in [4.78, 5) is 7.49. The Bertz CT molecular complexity index is 1050. The van der Waals surface area contributed by atoms with E-state index >= 15 is 0 Å². The van der Waals surface area contributed by atoms with Crippen molar-refractivity contribution in [1.29, 1.82) is 0 Å². The van der Waals surface area contributed by atoms with Gasteiger partial charge < -0.3 is 15.4 Å². The topological polar surface area (TPSA) is 79.1 Å². The van der Waals surface area contributed by atoms with Gasteiger partial charge in [-0.15, -0.1) is 34.2 Å². The van der Waals surface area contributed by atoms with Crippen LogP contribution in [-0.4, -0.2) is 65.3 Å². The van der Waals surface area contributed by atoms with Gasteiger partial charge in [-0.1, -0.05) is 18.2 Å². The second-order valence-corrected chi connectivity index (χ2v) is 8.33. The number of ether oxygens (including phenoxy) is 1. The standard InChI is InChI=1S/C25H35N7O.HI/c1-3-26-25(27-14-9-13-24-30-29-23-12-4-5-17-32(23)24)28-19-22(31-15-6-7-16-31)20-10-8-11-21(18-20)33-2;/h4-5,8,10-12,17-18,22H,3,6-7,9,13-16,19H2,1-2H3,(H2,26,27,28);1H. The van der Waals surface area contributed by atoms with E-state index in [-0.39, 0.29) is 30.0 Å². The highest BCUT2D eigenvalue weighted by molar-refractivity contribution is 14.0. The van der Waals surface area contributed by atoms with Crippen LogP contribution in [0.3, 0.4) is 0 Å². The lowest BCUT2D eigenvalue weighted by Crippen LogP contribution is -2.39. The number of benzene rings is 1. The molecule has 8 nitrogen and oxygen atoms in total. The number of pyridine rings is 1. The molecule has 3 aromatic rings. The molecule has 0 aliphatic carbocycles. The van der Waals surface area contributed by atoms with Crippen LogP contribution in [0.4, 0.5) is 0 Å². The van der Waals surface area contributed by atoms with E-state index in [1.165, 1.54) is 18.4 Å². The summed E-state index contributed by atoms with van der Waals surface area (Å²) >= 11 is 0. The molecule has 2 N–H and O–H groups in total. The highest BCUT2D eigenvalue weighted by Gasteiger charge is 2.23. The number of nitrogens with zero attached hydrogens (tertiary/aromatic N) is 5. The Hall–Kier alpha value is -2.40. The molecule has 0 radical (unpaired) electrons. The summed E-state index contributed by atoms with van der Waals surface area (Å²) in [6.45, 7) is 6.69. The summed E-state index contributed by atoms with van der Waals surface area (Å²) in [5.41, 5.74) is 2.15. The fourth-order valence-corrected chi connectivity index (χ4v) is 4.37. The van der Waals surface area contributed by atoms with E-state index in [2.05, 4.69) is 50.9 Å². The van der Waals surface area contributed by atoms with Gasteiger partial charge in [-0.2, -0.15) is 0 Å². The van der Waals surface area contributed by atoms with Crippen molar-refractivity contribution in [2.75, 3.05) is 39.8 Å². The maximum atomic E-state index is 5.46. The van der Waals surface area contributed by atoms with E-state index in [0.717, 1.165) is 62.2 Å². The Morgan fingerprint density at radius 3 is 2.76 bits per heavy atom. The zero-order chi connectivity index (χ0) is 22.9. The maximum absolute atomic E-state index is 5.46. The van der Waals surface area contributed by atoms with E-state index in [0.29, 0.717) is 6.54 Å². The van der Waals surface area contributed by atoms with E-state index in [1.807, 2.05) is 34.9 Å². The first-order valence-corrected chi connectivity index (χ1v) is 12.0. The molecule has 1 aliphatic rings. The Kier molecular flexibility index (Phi) is 10.4. The first-order valence-electron chi connectivity index (χ1n) is 12.0. The number of aromatic nitrogens is 3. The summed E-state index contributed by atoms with van der Waals surface area (Å²) < 4.78 is 7.51. The predicted molar refractivity (Wildman–Crippen MR) is 147 cm³/mol. The molecule has 9 heteroatoms. The van der Waals surface area contributed by atoms with E-state index in [9.17, 15) is 0 Å². The third-order valence-electron chi connectivity index (χ3n) is 6.08. The van der Waals surface area contributed by atoms with Crippen LogP contribution in [0.15, 0.2) is 53.7 Å².